The number of carboxylic acids is 2. The van der Waals surface area contributed by atoms with Gasteiger partial charge in [-0.2, -0.15) is 0 Å². The summed E-state index contributed by atoms with van der Waals surface area (Å²) in [6, 6.07) is 0. The molecule has 4 bridgehead atoms. The van der Waals surface area contributed by atoms with Crippen molar-refractivity contribution in [2.75, 3.05) is 7.11 Å². The molecule has 4 aliphatic rings. The number of carboxylic acid groups (broad SMARTS) is 2. The van der Waals surface area contributed by atoms with Crippen molar-refractivity contribution in [2.24, 2.45) is 23.7 Å². The first kappa shape index (κ1) is 32.8. The molecule has 0 spiro atoms. The van der Waals surface area contributed by atoms with Crippen molar-refractivity contribution in [3.8, 4) is 0 Å². The lowest BCUT2D eigenvalue weighted by Crippen LogP contribution is -2.59. The third-order valence-corrected chi connectivity index (χ3v) is 6.78. The molecule has 0 amide bonds. The Labute approximate surface area is 214 Å². The van der Waals surface area contributed by atoms with Crippen LogP contribution in [0, 0.1) is 23.7 Å². The van der Waals surface area contributed by atoms with Gasteiger partial charge in [-0.25, -0.2) is 19.2 Å². The van der Waals surface area contributed by atoms with Gasteiger partial charge in [-0.1, -0.05) is 33.2 Å². The van der Waals surface area contributed by atoms with E-state index in [0.717, 1.165) is 24.3 Å². The molecule has 4 fully saturated rings. The number of esters is 2. The van der Waals surface area contributed by atoms with Crippen molar-refractivity contribution in [1.82, 2.24) is 0 Å². The molecule has 0 aromatic heterocycles. The summed E-state index contributed by atoms with van der Waals surface area (Å²) in [6.07, 6.45) is 8.37. The Balaban J connectivity index is 0.000000565. The molecular formula is C28H42O8. The maximum absolute atomic E-state index is 12.0. The SMILES string of the molecule is C=C(C)C(=O)O.C=C(C)C(=O)OC.C=C(C)C(=O)OC1(CC)C2CC3CC(C2)CC1C3.C=CC(=O)O. The number of carbonyl (C=O) groups is 4. The number of carbonyl (C=O) groups excluding carboxylic acids is 2. The van der Waals surface area contributed by atoms with Crippen molar-refractivity contribution in [3.05, 3.63) is 49.1 Å². The standard InChI is InChI=1S/C16H24O2.C5H8O2.C4H6O2.C3H4O2/c1-4-16(18-15(17)10(2)3)13-6-11-5-12(8-13)9-14(16)7-11;1-4(2)5(6)7-3;1-3(2)4(5)6;1-2-3(4)5/h11-14H,2,4-9H2,1,3H3;1H2,2-3H3;1H2,2H3,(H,5,6);2H,1H2,(H,4,5). The molecule has 0 aromatic rings. The second kappa shape index (κ2) is 15.1. The van der Waals surface area contributed by atoms with E-state index >= 15 is 0 Å². The maximum Gasteiger partial charge on any atom is 0.333 e. The first-order valence-corrected chi connectivity index (χ1v) is 12.0. The van der Waals surface area contributed by atoms with Crippen molar-refractivity contribution in [2.45, 2.75) is 71.8 Å². The summed E-state index contributed by atoms with van der Waals surface area (Å²) in [5.74, 6) is 0.611. The van der Waals surface area contributed by atoms with Crippen LogP contribution in [0.1, 0.15) is 66.2 Å². The highest BCUT2D eigenvalue weighted by Crippen LogP contribution is 2.60. The minimum absolute atomic E-state index is 0.163. The Kier molecular flexibility index (Phi) is 13.7. The molecule has 0 atom stereocenters. The van der Waals surface area contributed by atoms with Crippen LogP contribution in [0.15, 0.2) is 49.1 Å². The Morgan fingerprint density at radius 2 is 1.19 bits per heavy atom. The fourth-order valence-corrected chi connectivity index (χ4v) is 5.23. The molecule has 8 heteroatoms. The fourth-order valence-electron chi connectivity index (χ4n) is 5.23. The lowest BCUT2D eigenvalue weighted by molar-refractivity contribution is -0.207. The average molecular weight is 507 g/mol. The molecule has 0 heterocycles. The summed E-state index contributed by atoms with van der Waals surface area (Å²) in [7, 11) is 1.33. The molecule has 4 aliphatic carbocycles. The van der Waals surface area contributed by atoms with E-state index < -0.39 is 11.9 Å². The third-order valence-electron chi connectivity index (χ3n) is 6.78. The summed E-state index contributed by atoms with van der Waals surface area (Å²) in [4.78, 5) is 41.0. The van der Waals surface area contributed by atoms with E-state index in [4.69, 9.17) is 14.9 Å². The monoisotopic (exact) mass is 506 g/mol. The summed E-state index contributed by atoms with van der Waals surface area (Å²) in [5, 5.41) is 15.5. The van der Waals surface area contributed by atoms with Crippen LogP contribution in [0.4, 0.5) is 0 Å². The van der Waals surface area contributed by atoms with Gasteiger partial charge >= 0.3 is 23.9 Å². The Morgan fingerprint density at radius 1 is 0.833 bits per heavy atom. The number of ether oxygens (including phenoxy) is 2. The first-order valence-electron chi connectivity index (χ1n) is 12.0. The highest BCUT2D eigenvalue weighted by atomic mass is 16.6. The quantitative estimate of drug-likeness (QED) is 0.364. The minimum atomic E-state index is -0.981. The lowest BCUT2D eigenvalue weighted by Gasteiger charge is -2.60. The van der Waals surface area contributed by atoms with E-state index in [0.29, 0.717) is 23.0 Å². The predicted octanol–water partition coefficient (Wildman–Crippen LogP) is 5.35. The van der Waals surface area contributed by atoms with Crippen LogP contribution in [0.25, 0.3) is 0 Å². The van der Waals surface area contributed by atoms with Crippen molar-refractivity contribution >= 4 is 23.9 Å². The van der Waals surface area contributed by atoms with Gasteiger partial charge in [0.05, 0.1) is 7.11 Å². The van der Waals surface area contributed by atoms with Gasteiger partial charge in [-0.05, 0) is 83.0 Å². The van der Waals surface area contributed by atoms with E-state index in [-0.39, 0.29) is 23.1 Å². The molecule has 202 valence electrons. The molecular weight excluding hydrogens is 464 g/mol. The maximum atomic E-state index is 12.0. The van der Waals surface area contributed by atoms with Gasteiger partial charge in [0.2, 0.25) is 0 Å². The second-order valence-corrected chi connectivity index (χ2v) is 9.68. The van der Waals surface area contributed by atoms with E-state index in [9.17, 15) is 19.2 Å². The third kappa shape index (κ3) is 9.84. The number of hydrogen-bond donors (Lipinski definition) is 2. The van der Waals surface area contributed by atoms with Crippen LogP contribution in [0.5, 0.6) is 0 Å². The van der Waals surface area contributed by atoms with Crippen LogP contribution >= 0.6 is 0 Å². The molecule has 4 rings (SSSR count). The fraction of sp³-hybridized carbons (Fsp3) is 0.571. The summed E-state index contributed by atoms with van der Waals surface area (Å²) in [5.41, 5.74) is 0.984. The molecule has 0 aliphatic heterocycles. The van der Waals surface area contributed by atoms with E-state index in [1.54, 1.807) is 13.8 Å². The first-order chi connectivity index (χ1) is 16.6. The molecule has 0 radical (unpaired) electrons. The Morgan fingerprint density at radius 3 is 1.39 bits per heavy atom. The van der Waals surface area contributed by atoms with Crippen LogP contribution in [0.2, 0.25) is 0 Å². The molecule has 2 N–H and O–H groups in total. The summed E-state index contributed by atoms with van der Waals surface area (Å²) in [6.45, 7) is 20.2. The molecule has 0 saturated heterocycles. The van der Waals surface area contributed by atoms with Crippen molar-refractivity contribution in [3.63, 3.8) is 0 Å². The van der Waals surface area contributed by atoms with Crippen LogP contribution in [0.3, 0.4) is 0 Å². The molecule has 8 nitrogen and oxygen atoms in total. The van der Waals surface area contributed by atoms with E-state index in [1.165, 1.54) is 46.1 Å². The summed E-state index contributed by atoms with van der Waals surface area (Å²) >= 11 is 0. The van der Waals surface area contributed by atoms with Gasteiger partial charge in [0.15, 0.2) is 0 Å². The van der Waals surface area contributed by atoms with Crippen molar-refractivity contribution < 1.29 is 38.9 Å². The highest BCUT2D eigenvalue weighted by molar-refractivity contribution is 5.87. The minimum Gasteiger partial charge on any atom is -0.478 e. The van der Waals surface area contributed by atoms with E-state index in [1.807, 2.05) is 0 Å². The number of rotatable bonds is 6. The smallest absolute Gasteiger partial charge is 0.333 e. The van der Waals surface area contributed by atoms with Gasteiger partial charge in [0.1, 0.15) is 5.60 Å². The zero-order valence-electron chi connectivity index (χ0n) is 22.3. The van der Waals surface area contributed by atoms with Gasteiger partial charge < -0.3 is 19.7 Å². The predicted molar refractivity (Wildman–Crippen MR) is 138 cm³/mol. The molecule has 0 unspecified atom stereocenters. The Hall–Kier alpha value is -3.16. The van der Waals surface area contributed by atoms with Gasteiger partial charge in [0.25, 0.3) is 0 Å². The van der Waals surface area contributed by atoms with Crippen LogP contribution in [-0.4, -0.2) is 46.8 Å². The number of methoxy groups -OCH3 is 1. The van der Waals surface area contributed by atoms with Gasteiger partial charge in [-0.15, -0.1) is 0 Å². The second-order valence-electron chi connectivity index (χ2n) is 9.68. The lowest BCUT2D eigenvalue weighted by atomic mass is 9.49. The highest BCUT2D eigenvalue weighted by Gasteiger charge is 2.58. The van der Waals surface area contributed by atoms with Crippen LogP contribution in [-0.2, 0) is 28.7 Å². The van der Waals surface area contributed by atoms with Crippen LogP contribution < -0.4 is 0 Å². The van der Waals surface area contributed by atoms with E-state index in [2.05, 4.69) is 38.0 Å². The summed E-state index contributed by atoms with van der Waals surface area (Å²) < 4.78 is 10.3. The van der Waals surface area contributed by atoms with Crippen molar-refractivity contribution in [1.29, 1.82) is 0 Å². The number of hydrogen-bond acceptors (Lipinski definition) is 6. The topological polar surface area (TPSA) is 127 Å². The zero-order valence-corrected chi connectivity index (χ0v) is 22.3. The largest absolute Gasteiger partial charge is 0.478 e. The normalized spacial score (nSPS) is 26.1. The van der Waals surface area contributed by atoms with Gasteiger partial charge in [0, 0.05) is 22.8 Å². The average Bonchev–Trinajstić information content (AvgIpc) is 2.81. The number of aliphatic carboxylic acids is 2. The molecule has 4 saturated carbocycles. The molecule has 0 aromatic carbocycles. The molecule has 36 heavy (non-hydrogen) atoms. The van der Waals surface area contributed by atoms with Gasteiger partial charge in [-0.3, -0.25) is 0 Å². The Bertz CT molecular complexity index is 827. The zero-order chi connectivity index (χ0) is 28.2.